The maximum atomic E-state index is 11.5. The number of ether oxygens (including phenoxy) is 2. The van der Waals surface area contributed by atoms with E-state index in [1.165, 1.54) is 37.5 Å². The first-order chi connectivity index (χ1) is 10.1. The van der Waals surface area contributed by atoms with Gasteiger partial charge in [-0.15, -0.1) is 0 Å². The summed E-state index contributed by atoms with van der Waals surface area (Å²) in [6, 6.07) is 0. The Labute approximate surface area is 128 Å². The third kappa shape index (κ3) is 2.53. The number of esters is 2. The van der Waals surface area contributed by atoms with E-state index in [-0.39, 0.29) is 38.0 Å². The lowest BCUT2D eigenvalue weighted by molar-refractivity contribution is -0.275. The van der Waals surface area contributed by atoms with Crippen molar-refractivity contribution in [2.75, 3.05) is 26.2 Å². The van der Waals surface area contributed by atoms with E-state index in [1.807, 2.05) is 0 Å². The fourth-order valence-corrected chi connectivity index (χ4v) is 3.03. The number of likely N-dealkylation sites (tertiary alicyclic amines) is 2. The van der Waals surface area contributed by atoms with Gasteiger partial charge in [0, 0.05) is 27.7 Å². The molecule has 0 radical (unpaired) electrons. The third-order valence-electron chi connectivity index (χ3n) is 4.18. The first-order valence-corrected chi connectivity index (χ1v) is 7.01. The zero-order valence-corrected chi connectivity index (χ0v) is 13.2. The summed E-state index contributed by atoms with van der Waals surface area (Å²) in [6.45, 7) is 5.98. The van der Waals surface area contributed by atoms with Gasteiger partial charge in [-0.3, -0.25) is 19.2 Å². The summed E-state index contributed by atoms with van der Waals surface area (Å²) in [5.41, 5.74) is -2.19. The summed E-state index contributed by atoms with van der Waals surface area (Å²) < 4.78 is 10.9. The monoisotopic (exact) mass is 312 g/mol. The van der Waals surface area contributed by atoms with Crippen molar-refractivity contribution in [3.8, 4) is 0 Å². The lowest BCUT2D eigenvalue weighted by atomic mass is 9.71. The van der Waals surface area contributed by atoms with Gasteiger partial charge < -0.3 is 19.3 Å². The van der Waals surface area contributed by atoms with Gasteiger partial charge in [-0.25, -0.2) is 0 Å². The average Bonchev–Trinajstić information content (AvgIpc) is 2.25. The lowest BCUT2D eigenvalue weighted by Crippen LogP contribution is -2.84. The van der Waals surface area contributed by atoms with Crippen molar-refractivity contribution in [2.24, 2.45) is 0 Å². The molecule has 0 aromatic carbocycles. The van der Waals surface area contributed by atoms with Crippen molar-refractivity contribution in [1.82, 2.24) is 9.80 Å². The van der Waals surface area contributed by atoms with E-state index in [1.54, 1.807) is 0 Å². The van der Waals surface area contributed by atoms with Crippen molar-refractivity contribution >= 4 is 23.8 Å². The van der Waals surface area contributed by atoms with Crippen LogP contribution in [0.1, 0.15) is 27.7 Å². The van der Waals surface area contributed by atoms with E-state index in [9.17, 15) is 19.2 Å². The zero-order valence-electron chi connectivity index (χ0n) is 13.2. The standard InChI is InChI=1S/C14H20N2O6/c1-9(17)15-5-13(6-15,21-11(3)19)14(22-12(4)20)7-16(8-14)10(2)18/h5-8H2,1-4H3. The Morgan fingerprint density at radius 2 is 0.955 bits per heavy atom. The molecule has 0 spiro atoms. The van der Waals surface area contributed by atoms with E-state index in [0.717, 1.165) is 0 Å². The lowest BCUT2D eigenvalue weighted by Gasteiger charge is -2.62. The fraction of sp³-hybridized carbons (Fsp3) is 0.714. The first-order valence-electron chi connectivity index (χ1n) is 7.01. The zero-order chi connectivity index (χ0) is 16.7. The Bertz CT molecular complexity index is 483. The van der Waals surface area contributed by atoms with Crippen LogP contribution in [0.15, 0.2) is 0 Å². The summed E-state index contributed by atoms with van der Waals surface area (Å²) in [7, 11) is 0. The van der Waals surface area contributed by atoms with Crippen LogP contribution in [0.2, 0.25) is 0 Å². The molecule has 8 heteroatoms. The Morgan fingerprint density at radius 3 is 1.14 bits per heavy atom. The van der Waals surface area contributed by atoms with Gasteiger partial charge in [0.15, 0.2) is 11.2 Å². The summed E-state index contributed by atoms with van der Waals surface area (Å²) >= 11 is 0. The molecule has 2 saturated heterocycles. The third-order valence-corrected chi connectivity index (χ3v) is 4.18. The highest BCUT2D eigenvalue weighted by Crippen LogP contribution is 2.44. The number of carbonyl (C=O) groups is 4. The summed E-state index contributed by atoms with van der Waals surface area (Å²) in [5, 5.41) is 0. The first kappa shape index (κ1) is 16.3. The molecule has 122 valence electrons. The molecule has 0 aliphatic carbocycles. The quantitative estimate of drug-likeness (QED) is 0.641. The number of rotatable bonds is 3. The Morgan fingerprint density at radius 1 is 0.682 bits per heavy atom. The smallest absolute Gasteiger partial charge is 0.303 e. The van der Waals surface area contributed by atoms with Crippen LogP contribution in [0.3, 0.4) is 0 Å². The van der Waals surface area contributed by atoms with Crippen molar-refractivity contribution in [1.29, 1.82) is 0 Å². The molecule has 8 nitrogen and oxygen atoms in total. The van der Waals surface area contributed by atoms with Gasteiger partial charge in [0.1, 0.15) is 0 Å². The number of nitrogens with zero attached hydrogens (tertiary/aromatic N) is 2. The highest BCUT2D eigenvalue weighted by atomic mass is 16.6. The van der Waals surface area contributed by atoms with E-state index >= 15 is 0 Å². The van der Waals surface area contributed by atoms with Crippen LogP contribution < -0.4 is 0 Å². The van der Waals surface area contributed by atoms with Crippen LogP contribution in [-0.2, 0) is 28.7 Å². The molecule has 0 atom stereocenters. The molecule has 0 aromatic rings. The minimum atomic E-state index is -1.10. The topological polar surface area (TPSA) is 93.2 Å². The molecular weight excluding hydrogens is 292 g/mol. The minimum absolute atomic E-state index is 0.150. The summed E-state index contributed by atoms with van der Waals surface area (Å²) in [4.78, 5) is 48.8. The number of amides is 2. The summed E-state index contributed by atoms with van der Waals surface area (Å²) in [6.07, 6.45) is 0. The number of hydrogen-bond acceptors (Lipinski definition) is 6. The molecule has 2 amide bonds. The van der Waals surface area contributed by atoms with E-state index < -0.39 is 23.1 Å². The molecule has 2 aliphatic rings. The Hall–Kier alpha value is -2.12. The highest BCUT2D eigenvalue weighted by molar-refractivity contribution is 5.78. The minimum Gasteiger partial charge on any atom is -0.451 e. The van der Waals surface area contributed by atoms with Crippen molar-refractivity contribution in [3.05, 3.63) is 0 Å². The van der Waals surface area contributed by atoms with Crippen LogP contribution in [-0.4, -0.2) is 70.9 Å². The van der Waals surface area contributed by atoms with Crippen LogP contribution in [0.25, 0.3) is 0 Å². The van der Waals surface area contributed by atoms with Gasteiger partial charge in [0.05, 0.1) is 26.2 Å². The van der Waals surface area contributed by atoms with Gasteiger partial charge in [-0.05, 0) is 0 Å². The number of carbonyl (C=O) groups excluding carboxylic acids is 4. The molecule has 0 unspecified atom stereocenters. The predicted molar refractivity (Wildman–Crippen MR) is 73.5 cm³/mol. The van der Waals surface area contributed by atoms with Crippen LogP contribution in [0.4, 0.5) is 0 Å². The molecule has 2 rings (SSSR count). The second-order valence-corrected chi connectivity index (χ2v) is 5.93. The normalized spacial score (nSPS) is 21.3. The van der Waals surface area contributed by atoms with Crippen molar-refractivity contribution in [2.45, 2.75) is 38.9 Å². The molecule has 0 bridgehead atoms. The Kier molecular flexibility index (Phi) is 3.88. The maximum Gasteiger partial charge on any atom is 0.303 e. The molecule has 0 aromatic heterocycles. The molecule has 2 heterocycles. The van der Waals surface area contributed by atoms with E-state index in [2.05, 4.69) is 0 Å². The molecule has 0 N–H and O–H groups in total. The van der Waals surface area contributed by atoms with Crippen molar-refractivity contribution in [3.63, 3.8) is 0 Å². The van der Waals surface area contributed by atoms with Crippen LogP contribution >= 0.6 is 0 Å². The van der Waals surface area contributed by atoms with Gasteiger partial charge in [0.2, 0.25) is 11.8 Å². The van der Waals surface area contributed by atoms with Gasteiger partial charge in [-0.2, -0.15) is 0 Å². The molecule has 2 fully saturated rings. The van der Waals surface area contributed by atoms with Crippen molar-refractivity contribution < 1.29 is 28.7 Å². The highest BCUT2D eigenvalue weighted by Gasteiger charge is 2.69. The predicted octanol–water partition coefficient (Wildman–Crippen LogP) is -0.686. The summed E-state index contributed by atoms with van der Waals surface area (Å²) in [5.74, 6) is -1.33. The van der Waals surface area contributed by atoms with Gasteiger partial charge in [0.25, 0.3) is 0 Å². The molecule has 22 heavy (non-hydrogen) atoms. The van der Waals surface area contributed by atoms with Gasteiger partial charge in [-0.1, -0.05) is 0 Å². The molecule has 0 saturated carbocycles. The van der Waals surface area contributed by atoms with E-state index in [4.69, 9.17) is 9.47 Å². The fourth-order valence-electron chi connectivity index (χ4n) is 3.03. The van der Waals surface area contributed by atoms with Crippen LogP contribution in [0, 0.1) is 0 Å². The SMILES string of the molecule is CC(=O)OC1(C2(OC(C)=O)CN(C(C)=O)C2)CN(C(C)=O)C1. The van der Waals surface area contributed by atoms with Crippen LogP contribution in [0.5, 0.6) is 0 Å². The molecular formula is C14H20N2O6. The second kappa shape index (κ2) is 5.26. The van der Waals surface area contributed by atoms with E-state index in [0.29, 0.717) is 0 Å². The second-order valence-electron chi connectivity index (χ2n) is 5.93. The maximum absolute atomic E-state index is 11.5. The largest absolute Gasteiger partial charge is 0.451 e. The average molecular weight is 312 g/mol. The number of hydrogen-bond donors (Lipinski definition) is 0. The molecule has 2 aliphatic heterocycles. The van der Waals surface area contributed by atoms with Gasteiger partial charge >= 0.3 is 11.9 Å². The Balaban J connectivity index is 2.26.